The van der Waals surface area contributed by atoms with Crippen molar-refractivity contribution in [3.05, 3.63) is 16.0 Å². The van der Waals surface area contributed by atoms with E-state index in [1.807, 2.05) is 0 Å². The first-order chi connectivity index (χ1) is 6.09. The van der Waals surface area contributed by atoms with Crippen molar-refractivity contribution in [2.24, 2.45) is 0 Å². The number of hydrogen-bond donors (Lipinski definition) is 1. The van der Waals surface area contributed by atoms with Gasteiger partial charge < -0.3 is 5.32 Å². The van der Waals surface area contributed by atoms with E-state index >= 15 is 0 Å². The van der Waals surface area contributed by atoms with E-state index in [9.17, 15) is 4.79 Å². The summed E-state index contributed by atoms with van der Waals surface area (Å²) in [6.45, 7) is 1.74. The molecule has 13 heavy (non-hydrogen) atoms. The largest absolute Gasteiger partial charge is 0.310 e. The van der Waals surface area contributed by atoms with Crippen LogP contribution in [0.4, 0.5) is 5.82 Å². The first kappa shape index (κ1) is 8.72. The molecule has 1 N–H and O–H groups in total. The summed E-state index contributed by atoms with van der Waals surface area (Å²) in [6, 6.07) is 0. The Morgan fingerprint density at radius 3 is 2.77 bits per heavy atom. The monoisotopic (exact) mass is 217 g/mol. The number of fused-ring (bicyclic) bond motifs is 1. The molecule has 1 atom stereocenters. The molecule has 6 heteroatoms. The van der Waals surface area contributed by atoms with Gasteiger partial charge in [-0.2, -0.15) is 4.98 Å². The van der Waals surface area contributed by atoms with Crippen LogP contribution < -0.4 is 5.32 Å². The predicted octanol–water partition coefficient (Wildman–Crippen LogP) is 1.84. The molecule has 0 bridgehead atoms. The van der Waals surface area contributed by atoms with Crippen molar-refractivity contribution >= 4 is 34.9 Å². The molecule has 68 valence electrons. The van der Waals surface area contributed by atoms with Gasteiger partial charge in [-0.1, -0.05) is 11.6 Å². The number of hydrogen-bond acceptors (Lipinski definition) is 3. The number of amides is 1. The third kappa shape index (κ3) is 1.26. The zero-order valence-corrected chi connectivity index (χ0v) is 8.15. The quantitative estimate of drug-likeness (QED) is 0.533. The van der Waals surface area contributed by atoms with E-state index in [1.54, 1.807) is 6.92 Å². The summed E-state index contributed by atoms with van der Waals surface area (Å²) in [7, 11) is 0. The minimum absolute atomic E-state index is 0.0400. The maximum Gasteiger partial charge on any atom is 0.233 e. The van der Waals surface area contributed by atoms with Gasteiger partial charge in [-0.25, -0.2) is 4.98 Å². The van der Waals surface area contributed by atoms with Gasteiger partial charge in [0, 0.05) is 5.56 Å². The predicted molar refractivity (Wildman–Crippen MR) is 49.1 cm³/mol. The Hall–Kier alpha value is -0.870. The standard InChI is InChI=1S/C7H5Cl2N3O/c1-2-3-4(8)10-7(9)12-5(3)11-6(2)13/h2H,1H3,(H,10,11,12,13). The highest BCUT2D eigenvalue weighted by atomic mass is 35.5. The summed E-state index contributed by atoms with van der Waals surface area (Å²) < 4.78 is 0. The Morgan fingerprint density at radius 2 is 2.08 bits per heavy atom. The average Bonchev–Trinajstić information content (AvgIpc) is 2.27. The Balaban J connectivity index is 2.64. The zero-order chi connectivity index (χ0) is 9.59. The lowest BCUT2D eigenvalue weighted by Gasteiger charge is -2.01. The van der Waals surface area contributed by atoms with Crippen molar-refractivity contribution in [3.63, 3.8) is 0 Å². The number of nitrogens with zero attached hydrogens (tertiary/aromatic N) is 2. The molecular formula is C7H5Cl2N3O. The van der Waals surface area contributed by atoms with Crippen molar-refractivity contribution < 1.29 is 4.79 Å². The second-order valence-corrected chi connectivity index (χ2v) is 3.45. The van der Waals surface area contributed by atoms with Gasteiger partial charge in [-0.15, -0.1) is 0 Å². The molecule has 0 aliphatic carbocycles. The lowest BCUT2D eigenvalue weighted by Crippen LogP contribution is -2.08. The summed E-state index contributed by atoms with van der Waals surface area (Å²) in [4.78, 5) is 18.8. The molecule has 0 saturated carbocycles. The van der Waals surface area contributed by atoms with E-state index in [2.05, 4.69) is 15.3 Å². The number of rotatable bonds is 0. The lowest BCUT2D eigenvalue weighted by molar-refractivity contribution is -0.116. The van der Waals surface area contributed by atoms with E-state index in [-0.39, 0.29) is 22.3 Å². The second kappa shape index (κ2) is 2.82. The zero-order valence-electron chi connectivity index (χ0n) is 6.64. The molecule has 0 saturated heterocycles. The minimum Gasteiger partial charge on any atom is -0.310 e. The van der Waals surface area contributed by atoms with E-state index in [0.717, 1.165) is 0 Å². The number of aromatic nitrogens is 2. The van der Waals surface area contributed by atoms with Crippen molar-refractivity contribution in [1.29, 1.82) is 0 Å². The molecule has 1 unspecified atom stereocenters. The van der Waals surface area contributed by atoms with Crippen LogP contribution in [0.5, 0.6) is 0 Å². The third-order valence-corrected chi connectivity index (χ3v) is 2.40. The number of anilines is 1. The molecular weight excluding hydrogens is 213 g/mol. The molecule has 4 nitrogen and oxygen atoms in total. The van der Waals surface area contributed by atoms with Crippen LogP contribution in [0, 0.1) is 0 Å². The number of carbonyl (C=O) groups excluding carboxylic acids is 1. The summed E-state index contributed by atoms with van der Waals surface area (Å²) in [6.07, 6.45) is 0. The fraction of sp³-hybridized carbons (Fsp3) is 0.286. The van der Waals surface area contributed by atoms with Crippen LogP contribution >= 0.6 is 23.2 Å². The molecule has 1 aromatic rings. The molecule has 1 aliphatic heterocycles. The van der Waals surface area contributed by atoms with E-state index in [0.29, 0.717) is 11.4 Å². The number of carbonyl (C=O) groups is 1. The SMILES string of the molecule is CC1C(=O)Nc2nc(Cl)nc(Cl)c21. The van der Waals surface area contributed by atoms with Crippen LogP contribution in [0.1, 0.15) is 18.4 Å². The normalized spacial score (nSPS) is 19.9. The Labute approximate surface area is 84.3 Å². The van der Waals surface area contributed by atoms with Crippen molar-refractivity contribution in [1.82, 2.24) is 9.97 Å². The maximum absolute atomic E-state index is 11.2. The molecule has 0 spiro atoms. The topological polar surface area (TPSA) is 54.9 Å². The maximum atomic E-state index is 11.2. The molecule has 0 aromatic carbocycles. The van der Waals surface area contributed by atoms with Crippen LogP contribution in [-0.4, -0.2) is 15.9 Å². The van der Waals surface area contributed by atoms with Gasteiger partial charge in [-0.3, -0.25) is 4.79 Å². The third-order valence-electron chi connectivity index (χ3n) is 1.94. The summed E-state index contributed by atoms with van der Waals surface area (Å²) in [5.74, 6) is -0.0178. The van der Waals surface area contributed by atoms with Crippen molar-refractivity contribution in [2.75, 3.05) is 5.32 Å². The van der Waals surface area contributed by atoms with Crippen molar-refractivity contribution in [2.45, 2.75) is 12.8 Å². The second-order valence-electron chi connectivity index (χ2n) is 2.76. The fourth-order valence-electron chi connectivity index (χ4n) is 1.25. The number of halogens is 2. The first-order valence-corrected chi connectivity index (χ1v) is 4.39. The van der Waals surface area contributed by atoms with E-state index in [4.69, 9.17) is 23.2 Å². The van der Waals surface area contributed by atoms with Gasteiger partial charge in [0.2, 0.25) is 11.2 Å². The van der Waals surface area contributed by atoms with Crippen LogP contribution in [-0.2, 0) is 4.79 Å². The molecule has 1 aliphatic rings. The first-order valence-electron chi connectivity index (χ1n) is 3.63. The highest BCUT2D eigenvalue weighted by Gasteiger charge is 2.31. The van der Waals surface area contributed by atoms with E-state index < -0.39 is 0 Å². The van der Waals surface area contributed by atoms with Crippen LogP contribution in [0.15, 0.2) is 0 Å². The molecule has 2 heterocycles. The fourth-order valence-corrected chi connectivity index (χ4v) is 1.80. The van der Waals surface area contributed by atoms with Gasteiger partial charge >= 0.3 is 0 Å². The van der Waals surface area contributed by atoms with E-state index in [1.165, 1.54) is 0 Å². The van der Waals surface area contributed by atoms with Crippen LogP contribution in [0.2, 0.25) is 10.4 Å². The number of nitrogens with one attached hydrogen (secondary N) is 1. The Bertz CT molecular complexity index is 394. The highest BCUT2D eigenvalue weighted by molar-refractivity contribution is 6.33. The summed E-state index contributed by atoms with van der Waals surface area (Å²) >= 11 is 11.4. The van der Waals surface area contributed by atoms with Crippen LogP contribution in [0.3, 0.4) is 0 Å². The smallest absolute Gasteiger partial charge is 0.233 e. The molecule has 0 fully saturated rings. The molecule has 2 rings (SSSR count). The molecule has 0 radical (unpaired) electrons. The Kier molecular flexibility index (Phi) is 1.89. The Morgan fingerprint density at radius 1 is 1.38 bits per heavy atom. The highest BCUT2D eigenvalue weighted by Crippen LogP contribution is 2.35. The van der Waals surface area contributed by atoms with Gasteiger partial charge in [-0.05, 0) is 18.5 Å². The van der Waals surface area contributed by atoms with Gasteiger partial charge in [0.15, 0.2) is 0 Å². The minimum atomic E-state index is -0.306. The van der Waals surface area contributed by atoms with Gasteiger partial charge in [0.1, 0.15) is 11.0 Å². The van der Waals surface area contributed by atoms with Crippen LogP contribution in [0.25, 0.3) is 0 Å². The summed E-state index contributed by atoms with van der Waals surface area (Å²) in [5, 5.41) is 2.85. The van der Waals surface area contributed by atoms with Gasteiger partial charge in [0.05, 0.1) is 5.92 Å². The average molecular weight is 218 g/mol. The van der Waals surface area contributed by atoms with Crippen molar-refractivity contribution in [3.8, 4) is 0 Å². The molecule has 1 amide bonds. The summed E-state index contributed by atoms with van der Waals surface area (Å²) in [5.41, 5.74) is 0.621. The lowest BCUT2D eigenvalue weighted by atomic mass is 10.1. The molecule has 1 aromatic heterocycles. The van der Waals surface area contributed by atoms with Gasteiger partial charge in [0.25, 0.3) is 0 Å².